The minimum absolute atomic E-state index is 0.680. The lowest BCUT2D eigenvalue weighted by Gasteiger charge is -2.14. The molecule has 0 bridgehead atoms. The number of hydrogen-bond acceptors (Lipinski definition) is 3. The molecule has 0 radical (unpaired) electrons. The third-order valence-corrected chi connectivity index (χ3v) is 4.12. The third-order valence-electron chi connectivity index (χ3n) is 3.78. The number of nitrogens with one attached hydrogen (secondary N) is 2. The molecule has 0 spiro atoms. The van der Waals surface area contributed by atoms with Gasteiger partial charge < -0.3 is 10.6 Å². The van der Waals surface area contributed by atoms with Crippen molar-refractivity contribution in [3.05, 3.63) is 22.8 Å². The van der Waals surface area contributed by atoms with Crippen molar-refractivity contribution in [2.45, 2.75) is 52.1 Å². The quantitative estimate of drug-likeness (QED) is 0.760. The highest BCUT2D eigenvalue weighted by molar-refractivity contribution is 6.31. The van der Waals surface area contributed by atoms with E-state index in [9.17, 15) is 0 Å². The number of nitrogens with zero attached hydrogens (tertiary/aromatic N) is 1. The van der Waals surface area contributed by atoms with Crippen LogP contribution < -0.4 is 10.6 Å². The number of aromatic nitrogens is 1. The molecule has 1 saturated carbocycles. The van der Waals surface area contributed by atoms with Crippen molar-refractivity contribution in [2.24, 2.45) is 5.92 Å². The van der Waals surface area contributed by atoms with E-state index >= 15 is 0 Å². The Labute approximate surface area is 121 Å². The summed E-state index contributed by atoms with van der Waals surface area (Å²) in [6.07, 6.45) is 4.97. The van der Waals surface area contributed by atoms with E-state index < -0.39 is 0 Å². The molecule has 0 saturated heterocycles. The Morgan fingerprint density at radius 2 is 2.05 bits per heavy atom. The molecule has 0 unspecified atom stereocenters. The van der Waals surface area contributed by atoms with Crippen molar-refractivity contribution in [2.75, 3.05) is 11.9 Å². The number of hydrogen-bond donors (Lipinski definition) is 2. The first-order valence-electron chi connectivity index (χ1n) is 7.35. The second kappa shape index (κ2) is 7.11. The number of pyridine rings is 1. The molecule has 4 heteroatoms. The highest BCUT2D eigenvalue weighted by Crippen LogP contribution is 2.22. The van der Waals surface area contributed by atoms with E-state index in [1.807, 2.05) is 12.1 Å². The number of halogens is 1. The Morgan fingerprint density at radius 3 is 2.68 bits per heavy atom. The lowest BCUT2D eigenvalue weighted by Crippen LogP contribution is -2.18. The summed E-state index contributed by atoms with van der Waals surface area (Å²) >= 11 is 6.19. The maximum absolute atomic E-state index is 6.19. The fraction of sp³-hybridized carbons (Fsp3) is 0.667. The van der Waals surface area contributed by atoms with Crippen LogP contribution in [0, 0.1) is 5.92 Å². The minimum Gasteiger partial charge on any atom is -0.370 e. The molecule has 0 aromatic carbocycles. The van der Waals surface area contributed by atoms with Gasteiger partial charge in [-0.2, -0.15) is 0 Å². The van der Waals surface area contributed by atoms with Crippen LogP contribution in [0.4, 0.5) is 5.82 Å². The zero-order valence-corrected chi connectivity index (χ0v) is 12.6. The van der Waals surface area contributed by atoms with Gasteiger partial charge in [0.1, 0.15) is 5.82 Å². The van der Waals surface area contributed by atoms with Crippen LogP contribution in [0.15, 0.2) is 12.1 Å². The van der Waals surface area contributed by atoms with E-state index in [-0.39, 0.29) is 0 Å². The molecule has 2 rings (SSSR count). The largest absolute Gasteiger partial charge is 0.370 e. The molecule has 1 fully saturated rings. The maximum Gasteiger partial charge on any atom is 0.126 e. The molecule has 3 nitrogen and oxygen atoms in total. The van der Waals surface area contributed by atoms with Crippen LogP contribution in [0.5, 0.6) is 0 Å². The Morgan fingerprint density at radius 1 is 1.32 bits per heavy atom. The fourth-order valence-electron chi connectivity index (χ4n) is 2.06. The van der Waals surface area contributed by atoms with Gasteiger partial charge in [-0.1, -0.05) is 38.3 Å². The monoisotopic (exact) mass is 281 g/mol. The Hall–Kier alpha value is -0.800. The Kier molecular flexibility index (Phi) is 5.46. The molecule has 0 amide bonds. The van der Waals surface area contributed by atoms with Crippen molar-refractivity contribution in [1.82, 2.24) is 10.3 Å². The van der Waals surface area contributed by atoms with Crippen LogP contribution in [-0.4, -0.2) is 17.6 Å². The summed E-state index contributed by atoms with van der Waals surface area (Å²) in [5, 5.41) is 7.62. The van der Waals surface area contributed by atoms with Crippen LogP contribution in [0.1, 0.15) is 45.2 Å². The summed E-state index contributed by atoms with van der Waals surface area (Å²) in [6, 6.07) is 4.58. The summed E-state index contributed by atoms with van der Waals surface area (Å²) in [6.45, 7) is 6.22. The van der Waals surface area contributed by atoms with Crippen LogP contribution in [0.3, 0.4) is 0 Å². The standard InChI is InChI=1S/C15H24ClN3/c1-3-11(4-2)9-18-15-8-7-13(16)14(19-15)10-17-12-5-6-12/h7-8,11-12,17H,3-6,9-10H2,1-2H3,(H,18,19). The van der Waals surface area contributed by atoms with Gasteiger partial charge >= 0.3 is 0 Å². The maximum atomic E-state index is 6.19. The predicted octanol–water partition coefficient (Wildman–Crippen LogP) is 3.84. The van der Waals surface area contributed by atoms with Gasteiger partial charge in [0.15, 0.2) is 0 Å². The van der Waals surface area contributed by atoms with Gasteiger partial charge in [0, 0.05) is 19.1 Å². The Balaban J connectivity index is 1.90. The van der Waals surface area contributed by atoms with E-state index in [0.29, 0.717) is 12.0 Å². The second-order valence-electron chi connectivity index (χ2n) is 5.34. The smallest absolute Gasteiger partial charge is 0.126 e. The van der Waals surface area contributed by atoms with Crippen LogP contribution in [0.2, 0.25) is 5.02 Å². The molecule has 1 heterocycles. The molecule has 1 aliphatic carbocycles. The van der Waals surface area contributed by atoms with Crippen LogP contribution in [-0.2, 0) is 6.54 Å². The number of rotatable bonds is 8. The summed E-state index contributed by atoms with van der Waals surface area (Å²) in [5.74, 6) is 1.65. The van der Waals surface area contributed by atoms with Crippen molar-refractivity contribution >= 4 is 17.4 Å². The summed E-state index contributed by atoms with van der Waals surface area (Å²) in [5.41, 5.74) is 0.947. The van der Waals surface area contributed by atoms with E-state index in [1.165, 1.54) is 25.7 Å². The zero-order chi connectivity index (χ0) is 13.7. The van der Waals surface area contributed by atoms with Gasteiger partial charge in [-0.15, -0.1) is 0 Å². The van der Waals surface area contributed by atoms with Crippen LogP contribution in [0.25, 0.3) is 0 Å². The Bertz CT molecular complexity index is 400. The molecule has 106 valence electrons. The average molecular weight is 282 g/mol. The minimum atomic E-state index is 0.680. The summed E-state index contributed by atoms with van der Waals surface area (Å²) < 4.78 is 0. The molecular weight excluding hydrogens is 258 g/mol. The van der Waals surface area contributed by atoms with Crippen molar-refractivity contribution in [3.8, 4) is 0 Å². The van der Waals surface area contributed by atoms with Crippen molar-refractivity contribution < 1.29 is 0 Å². The molecule has 1 aromatic rings. The van der Waals surface area contributed by atoms with Gasteiger partial charge in [-0.05, 0) is 30.9 Å². The highest BCUT2D eigenvalue weighted by atomic mass is 35.5. The molecule has 1 aliphatic rings. The number of anilines is 1. The highest BCUT2D eigenvalue weighted by Gasteiger charge is 2.20. The van der Waals surface area contributed by atoms with Crippen LogP contribution >= 0.6 is 11.6 Å². The lowest BCUT2D eigenvalue weighted by molar-refractivity contribution is 0.518. The molecule has 0 aliphatic heterocycles. The summed E-state index contributed by atoms with van der Waals surface area (Å²) in [7, 11) is 0. The van der Waals surface area contributed by atoms with Gasteiger partial charge in [0.2, 0.25) is 0 Å². The van der Waals surface area contributed by atoms with Gasteiger partial charge in [-0.25, -0.2) is 4.98 Å². The lowest BCUT2D eigenvalue weighted by atomic mass is 10.0. The average Bonchev–Trinajstić information content (AvgIpc) is 3.24. The molecule has 0 atom stereocenters. The SMILES string of the molecule is CCC(CC)CNc1ccc(Cl)c(CNC2CC2)n1. The first-order chi connectivity index (χ1) is 9.22. The summed E-state index contributed by atoms with van der Waals surface area (Å²) in [4.78, 5) is 4.61. The van der Waals surface area contributed by atoms with Gasteiger partial charge in [-0.3, -0.25) is 0 Å². The fourth-order valence-corrected chi connectivity index (χ4v) is 2.23. The van der Waals surface area contributed by atoms with E-state index in [2.05, 4.69) is 29.5 Å². The van der Waals surface area contributed by atoms with Gasteiger partial charge in [0.25, 0.3) is 0 Å². The van der Waals surface area contributed by atoms with Gasteiger partial charge in [0.05, 0.1) is 10.7 Å². The molecular formula is C15H24ClN3. The molecule has 1 aromatic heterocycles. The molecule has 19 heavy (non-hydrogen) atoms. The first-order valence-corrected chi connectivity index (χ1v) is 7.73. The topological polar surface area (TPSA) is 37.0 Å². The zero-order valence-electron chi connectivity index (χ0n) is 11.9. The van der Waals surface area contributed by atoms with Crippen molar-refractivity contribution in [1.29, 1.82) is 0 Å². The van der Waals surface area contributed by atoms with E-state index in [0.717, 1.165) is 29.6 Å². The van der Waals surface area contributed by atoms with Crippen molar-refractivity contribution in [3.63, 3.8) is 0 Å². The second-order valence-corrected chi connectivity index (χ2v) is 5.75. The predicted molar refractivity (Wildman–Crippen MR) is 81.7 cm³/mol. The molecule has 2 N–H and O–H groups in total. The first kappa shape index (κ1) is 14.6. The van der Waals surface area contributed by atoms with E-state index in [1.54, 1.807) is 0 Å². The third kappa shape index (κ3) is 4.66. The van der Waals surface area contributed by atoms with E-state index in [4.69, 9.17) is 11.6 Å². The normalized spacial score (nSPS) is 14.9.